The number of hydrogen-bond donors (Lipinski definition) is 1. The van der Waals surface area contributed by atoms with Crippen molar-refractivity contribution in [1.29, 1.82) is 0 Å². The Kier molecular flexibility index (Phi) is 6.58. The fourth-order valence-electron chi connectivity index (χ4n) is 8.39. The first kappa shape index (κ1) is 29.5. The molecule has 1 N–H and O–H groups in total. The molecule has 49 heavy (non-hydrogen) atoms. The summed E-state index contributed by atoms with van der Waals surface area (Å²) in [6.45, 7) is 9.43. The maximum atomic E-state index is 3.81. The number of rotatable bonds is 5. The summed E-state index contributed by atoms with van der Waals surface area (Å²) in [6.07, 6.45) is 0. The van der Waals surface area contributed by atoms with E-state index < -0.39 is 0 Å². The SMILES string of the molecule is CC1(C)c2cc(Nc3ccc(-c4ccccc4)c(-c4ccc5c(c4)C(C)(C)c4ccccc4-5)c3)ccc2-c2ccc(-c3ccccc3)cc21. The second-order valence-electron chi connectivity index (χ2n) is 14.7. The highest BCUT2D eigenvalue weighted by Crippen LogP contribution is 2.52. The average molecular weight is 630 g/mol. The molecule has 1 heteroatoms. The lowest BCUT2D eigenvalue weighted by molar-refractivity contribution is 0.660. The molecule has 7 aromatic carbocycles. The smallest absolute Gasteiger partial charge is 0.0390 e. The van der Waals surface area contributed by atoms with Gasteiger partial charge in [-0.2, -0.15) is 0 Å². The monoisotopic (exact) mass is 629 g/mol. The van der Waals surface area contributed by atoms with Crippen LogP contribution >= 0.6 is 0 Å². The molecule has 0 fully saturated rings. The zero-order valence-corrected chi connectivity index (χ0v) is 28.5. The lowest BCUT2D eigenvalue weighted by Crippen LogP contribution is -2.15. The van der Waals surface area contributed by atoms with E-state index in [-0.39, 0.29) is 10.8 Å². The van der Waals surface area contributed by atoms with E-state index in [1.165, 1.54) is 77.9 Å². The lowest BCUT2D eigenvalue weighted by atomic mass is 9.81. The zero-order chi connectivity index (χ0) is 33.3. The molecule has 0 bridgehead atoms. The molecule has 0 amide bonds. The van der Waals surface area contributed by atoms with E-state index in [0.29, 0.717) is 0 Å². The van der Waals surface area contributed by atoms with E-state index in [1.807, 2.05) is 0 Å². The summed E-state index contributed by atoms with van der Waals surface area (Å²) in [7, 11) is 0. The second kappa shape index (κ2) is 10.9. The van der Waals surface area contributed by atoms with Gasteiger partial charge in [0, 0.05) is 22.2 Å². The molecule has 0 spiro atoms. The predicted molar refractivity (Wildman–Crippen MR) is 208 cm³/mol. The first-order chi connectivity index (χ1) is 23.8. The fraction of sp³-hybridized carbons (Fsp3) is 0.125. The van der Waals surface area contributed by atoms with Crippen LogP contribution < -0.4 is 5.32 Å². The molecule has 0 heterocycles. The van der Waals surface area contributed by atoms with Gasteiger partial charge in [-0.1, -0.05) is 149 Å². The van der Waals surface area contributed by atoms with Crippen molar-refractivity contribution in [2.45, 2.75) is 38.5 Å². The molecule has 1 nitrogen and oxygen atoms in total. The number of hydrogen-bond acceptors (Lipinski definition) is 1. The summed E-state index contributed by atoms with van der Waals surface area (Å²) in [5, 5.41) is 3.81. The second-order valence-corrected chi connectivity index (χ2v) is 14.7. The normalized spacial score (nSPS) is 14.4. The Morgan fingerprint density at radius 1 is 0.306 bits per heavy atom. The Morgan fingerprint density at radius 2 is 0.776 bits per heavy atom. The fourth-order valence-corrected chi connectivity index (χ4v) is 8.39. The van der Waals surface area contributed by atoms with Gasteiger partial charge in [0.15, 0.2) is 0 Å². The third-order valence-electron chi connectivity index (χ3n) is 11.1. The van der Waals surface area contributed by atoms with Crippen LogP contribution in [0, 0.1) is 0 Å². The van der Waals surface area contributed by atoms with Crippen molar-refractivity contribution < 1.29 is 0 Å². The van der Waals surface area contributed by atoms with Crippen molar-refractivity contribution in [1.82, 2.24) is 0 Å². The molecule has 0 saturated heterocycles. The molecule has 0 aliphatic heterocycles. The number of fused-ring (bicyclic) bond motifs is 6. The van der Waals surface area contributed by atoms with E-state index in [2.05, 4.69) is 191 Å². The Bertz CT molecular complexity index is 2400. The third kappa shape index (κ3) is 4.68. The predicted octanol–water partition coefficient (Wildman–Crippen LogP) is 13.0. The molecular formula is C48H39N. The van der Waals surface area contributed by atoms with Crippen LogP contribution in [-0.4, -0.2) is 0 Å². The van der Waals surface area contributed by atoms with E-state index in [1.54, 1.807) is 0 Å². The minimum absolute atomic E-state index is 0.0542. The van der Waals surface area contributed by atoms with Crippen LogP contribution in [-0.2, 0) is 10.8 Å². The molecule has 236 valence electrons. The highest BCUT2D eigenvalue weighted by molar-refractivity contribution is 5.91. The molecule has 2 aliphatic rings. The van der Waals surface area contributed by atoms with Gasteiger partial charge in [0.2, 0.25) is 0 Å². The highest BCUT2D eigenvalue weighted by Gasteiger charge is 2.37. The summed E-state index contributed by atoms with van der Waals surface area (Å²) in [5.74, 6) is 0. The van der Waals surface area contributed by atoms with Gasteiger partial charge in [0.25, 0.3) is 0 Å². The first-order valence-corrected chi connectivity index (χ1v) is 17.4. The largest absolute Gasteiger partial charge is 0.355 e. The minimum Gasteiger partial charge on any atom is -0.355 e. The Labute approximate surface area is 290 Å². The Hall–Kier alpha value is -5.66. The molecule has 0 unspecified atom stereocenters. The number of anilines is 2. The van der Waals surface area contributed by atoms with Crippen molar-refractivity contribution >= 4 is 11.4 Å². The van der Waals surface area contributed by atoms with Crippen molar-refractivity contribution in [2.24, 2.45) is 0 Å². The van der Waals surface area contributed by atoms with Crippen LogP contribution in [0.1, 0.15) is 49.9 Å². The Balaban J connectivity index is 1.10. The van der Waals surface area contributed by atoms with E-state index in [0.717, 1.165) is 11.4 Å². The quantitative estimate of drug-likeness (QED) is 0.200. The molecule has 0 atom stereocenters. The zero-order valence-electron chi connectivity index (χ0n) is 28.5. The van der Waals surface area contributed by atoms with Gasteiger partial charge in [-0.3, -0.25) is 0 Å². The maximum absolute atomic E-state index is 3.81. The van der Waals surface area contributed by atoms with Crippen LogP contribution in [0.25, 0.3) is 55.6 Å². The van der Waals surface area contributed by atoms with Crippen LogP contribution in [0.5, 0.6) is 0 Å². The van der Waals surface area contributed by atoms with Gasteiger partial charge in [0.05, 0.1) is 0 Å². The van der Waals surface area contributed by atoms with Crippen LogP contribution in [0.3, 0.4) is 0 Å². The van der Waals surface area contributed by atoms with Crippen molar-refractivity contribution in [3.05, 3.63) is 180 Å². The van der Waals surface area contributed by atoms with Crippen LogP contribution in [0.2, 0.25) is 0 Å². The third-order valence-corrected chi connectivity index (χ3v) is 11.1. The molecular weight excluding hydrogens is 591 g/mol. The molecule has 0 saturated carbocycles. The summed E-state index contributed by atoms with van der Waals surface area (Å²) in [5.41, 5.74) is 20.4. The minimum atomic E-state index is -0.107. The summed E-state index contributed by atoms with van der Waals surface area (Å²) >= 11 is 0. The van der Waals surface area contributed by atoms with Crippen LogP contribution in [0.4, 0.5) is 11.4 Å². The van der Waals surface area contributed by atoms with E-state index >= 15 is 0 Å². The number of nitrogens with one attached hydrogen (secondary N) is 1. The van der Waals surface area contributed by atoms with E-state index in [9.17, 15) is 0 Å². The van der Waals surface area contributed by atoms with Gasteiger partial charge in [-0.05, 0) is 114 Å². The topological polar surface area (TPSA) is 12.0 Å². The first-order valence-electron chi connectivity index (χ1n) is 17.4. The molecule has 0 radical (unpaired) electrons. The number of benzene rings is 7. The van der Waals surface area contributed by atoms with Crippen molar-refractivity contribution in [3.8, 4) is 55.6 Å². The average Bonchev–Trinajstić information content (AvgIpc) is 3.51. The van der Waals surface area contributed by atoms with Crippen molar-refractivity contribution in [3.63, 3.8) is 0 Å². The van der Waals surface area contributed by atoms with Gasteiger partial charge in [-0.25, -0.2) is 0 Å². The standard InChI is InChI=1S/C48H39N/c1-47(2)43-18-12-11-17-38(43)39-24-20-34(28-45(39)47)42-29-35(21-25-37(42)32-15-9-6-10-16-32)49-36-22-26-41-40-23-19-33(31-13-7-5-8-14-31)27-44(40)48(3,4)46(41)30-36/h5-30,49H,1-4H3. The van der Waals surface area contributed by atoms with Gasteiger partial charge in [0.1, 0.15) is 0 Å². The highest BCUT2D eigenvalue weighted by atomic mass is 14.9. The summed E-state index contributed by atoms with van der Waals surface area (Å²) in [4.78, 5) is 0. The van der Waals surface area contributed by atoms with Gasteiger partial charge < -0.3 is 5.32 Å². The lowest BCUT2D eigenvalue weighted by Gasteiger charge is -2.23. The molecule has 0 aromatic heterocycles. The van der Waals surface area contributed by atoms with Crippen LogP contribution in [0.15, 0.2) is 158 Å². The Morgan fingerprint density at radius 3 is 1.47 bits per heavy atom. The van der Waals surface area contributed by atoms with Crippen molar-refractivity contribution in [2.75, 3.05) is 5.32 Å². The summed E-state index contributed by atoms with van der Waals surface area (Å²) in [6, 6.07) is 58.1. The molecule has 7 aromatic rings. The maximum Gasteiger partial charge on any atom is 0.0390 e. The van der Waals surface area contributed by atoms with E-state index in [4.69, 9.17) is 0 Å². The summed E-state index contributed by atoms with van der Waals surface area (Å²) < 4.78 is 0. The molecule has 9 rings (SSSR count). The van der Waals surface area contributed by atoms with Gasteiger partial charge in [-0.15, -0.1) is 0 Å². The van der Waals surface area contributed by atoms with Gasteiger partial charge >= 0.3 is 0 Å². The molecule has 2 aliphatic carbocycles.